The molecule has 7 heteroatoms. The third kappa shape index (κ3) is 4.57. The zero-order chi connectivity index (χ0) is 21.0. The van der Waals surface area contributed by atoms with Crippen molar-refractivity contribution in [2.24, 2.45) is 0 Å². The van der Waals surface area contributed by atoms with Gasteiger partial charge in [-0.25, -0.2) is 8.42 Å². The standard InChI is InChI=1S/C22H24N2O3S2/c1-4-15-10-9-13-23-21(15)19(5-2)28-20-14-18(24-29(26,27)6-3)16-11-7-8-12-17(16)22(20)25/h5,7-14,24-25H,4,6H2,1-3H3. The topological polar surface area (TPSA) is 79.3 Å². The van der Waals surface area contributed by atoms with Crippen molar-refractivity contribution in [3.63, 3.8) is 0 Å². The highest BCUT2D eigenvalue weighted by molar-refractivity contribution is 8.08. The molecule has 1 aromatic heterocycles. The van der Waals surface area contributed by atoms with Crippen molar-refractivity contribution in [3.8, 4) is 5.75 Å². The van der Waals surface area contributed by atoms with Crippen LogP contribution < -0.4 is 4.72 Å². The average Bonchev–Trinajstić information content (AvgIpc) is 2.74. The molecule has 0 bridgehead atoms. The van der Waals surface area contributed by atoms with E-state index in [4.69, 9.17) is 0 Å². The summed E-state index contributed by atoms with van der Waals surface area (Å²) in [6.45, 7) is 5.59. The molecular formula is C22H24N2O3S2. The van der Waals surface area contributed by atoms with E-state index in [-0.39, 0.29) is 11.5 Å². The van der Waals surface area contributed by atoms with E-state index < -0.39 is 10.0 Å². The van der Waals surface area contributed by atoms with Crippen LogP contribution in [0.25, 0.3) is 15.7 Å². The van der Waals surface area contributed by atoms with Crippen molar-refractivity contribution in [2.45, 2.75) is 32.1 Å². The van der Waals surface area contributed by atoms with Crippen molar-refractivity contribution in [1.29, 1.82) is 0 Å². The van der Waals surface area contributed by atoms with E-state index >= 15 is 0 Å². The molecule has 0 atom stereocenters. The third-order valence-electron chi connectivity index (χ3n) is 4.61. The Morgan fingerprint density at radius 3 is 2.55 bits per heavy atom. The quantitative estimate of drug-likeness (QED) is 0.388. The third-order valence-corrected chi connectivity index (χ3v) is 7.09. The fourth-order valence-electron chi connectivity index (χ4n) is 3.04. The summed E-state index contributed by atoms with van der Waals surface area (Å²) in [6.07, 6.45) is 4.54. The SMILES string of the molecule is CC=C(Sc1cc(NS(=O)(=O)CC)c2ccccc2c1O)c1ncccc1CC. The van der Waals surface area contributed by atoms with E-state index in [1.54, 1.807) is 31.3 Å². The van der Waals surface area contributed by atoms with E-state index in [9.17, 15) is 13.5 Å². The number of nitrogens with zero attached hydrogens (tertiary/aromatic N) is 1. The number of rotatable bonds is 7. The molecule has 3 rings (SSSR count). The Kier molecular flexibility index (Phi) is 6.49. The van der Waals surface area contributed by atoms with E-state index in [0.29, 0.717) is 21.4 Å². The summed E-state index contributed by atoms with van der Waals surface area (Å²) >= 11 is 1.37. The molecule has 0 aliphatic rings. The van der Waals surface area contributed by atoms with E-state index in [1.807, 2.05) is 37.3 Å². The highest BCUT2D eigenvalue weighted by atomic mass is 32.2. The predicted octanol–water partition coefficient (Wildman–Crippen LogP) is 5.42. The Morgan fingerprint density at radius 2 is 1.90 bits per heavy atom. The van der Waals surface area contributed by atoms with Gasteiger partial charge in [0.1, 0.15) is 5.75 Å². The minimum Gasteiger partial charge on any atom is -0.506 e. The smallest absolute Gasteiger partial charge is 0.232 e. The zero-order valence-electron chi connectivity index (χ0n) is 16.6. The van der Waals surface area contributed by atoms with Crippen LogP contribution in [-0.4, -0.2) is 24.3 Å². The van der Waals surface area contributed by atoms with Gasteiger partial charge in [0.15, 0.2) is 0 Å². The average molecular weight is 429 g/mol. The van der Waals surface area contributed by atoms with Crippen molar-refractivity contribution in [1.82, 2.24) is 4.98 Å². The Labute approximate surface area is 175 Å². The molecule has 3 aromatic rings. The van der Waals surface area contributed by atoms with Gasteiger partial charge in [0, 0.05) is 21.9 Å². The van der Waals surface area contributed by atoms with Gasteiger partial charge in [-0.3, -0.25) is 9.71 Å². The molecule has 152 valence electrons. The number of allylic oxidation sites excluding steroid dienone is 1. The molecule has 29 heavy (non-hydrogen) atoms. The first-order valence-electron chi connectivity index (χ1n) is 9.43. The predicted molar refractivity (Wildman–Crippen MR) is 122 cm³/mol. The molecular weight excluding hydrogens is 404 g/mol. The van der Waals surface area contributed by atoms with Gasteiger partial charge in [0.05, 0.1) is 22.0 Å². The number of sulfonamides is 1. The maximum absolute atomic E-state index is 12.2. The lowest BCUT2D eigenvalue weighted by molar-refractivity contribution is 0.469. The van der Waals surface area contributed by atoms with Crippen LogP contribution in [0.5, 0.6) is 5.75 Å². The van der Waals surface area contributed by atoms with Crippen LogP contribution in [0.3, 0.4) is 0 Å². The zero-order valence-corrected chi connectivity index (χ0v) is 18.3. The number of phenolic OH excluding ortho intramolecular Hbond substituents is 1. The van der Waals surface area contributed by atoms with Gasteiger partial charge in [-0.05, 0) is 38.0 Å². The number of aromatic nitrogens is 1. The molecule has 2 N–H and O–H groups in total. The fourth-order valence-corrected chi connectivity index (χ4v) is 4.71. The monoisotopic (exact) mass is 428 g/mol. The summed E-state index contributed by atoms with van der Waals surface area (Å²) in [5.74, 6) is 0.0943. The fraction of sp³-hybridized carbons (Fsp3) is 0.227. The van der Waals surface area contributed by atoms with Gasteiger partial charge < -0.3 is 5.11 Å². The normalized spacial score (nSPS) is 12.3. The van der Waals surface area contributed by atoms with E-state index in [2.05, 4.69) is 16.6 Å². The van der Waals surface area contributed by atoms with Gasteiger partial charge in [-0.2, -0.15) is 0 Å². The van der Waals surface area contributed by atoms with Gasteiger partial charge in [-0.1, -0.05) is 55.1 Å². The Bertz CT molecular complexity index is 1170. The van der Waals surface area contributed by atoms with Crippen LogP contribution in [0.4, 0.5) is 5.69 Å². The summed E-state index contributed by atoms with van der Waals surface area (Å²) in [5, 5.41) is 12.2. The van der Waals surface area contributed by atoms with Crippen molar-refractivity contribution in [2.75, 3.05) is 10.5 Å². The number of aryl methyl sites for hydroxylation is 1. The molecule has 2 aromatic carbocycles. The van der Waals surface area contributed by atoms with E-state index in [1.165, 1.54) is 11.8 Å². The summed E-state index contributed by atoms with van der Waals surface area (Å²) in [6, 6.07) is 12.8. The minimum absolute atomic E-state index is 0.0292. The largest absolute Gasteiger partial charge is 0.506 e. The summed E-state index contributed by atoms with van der Waals surface area (Å²) < 4.78 is 27.0. The summed E-state index contributed by atoms with van der Waals surface area (Å²) in [7, 11) is -3.46. The first kappa shape index (κ1) is 21.2. The molecule has 0 unspecified atom stereocenters. The van der Waals surface area contributed by atoms with Gasteiger partial charge in [0.25, 0.3) is 0 Å². The first-order chi connectivity index (χ1) is 13.9. The highest BCUT2D eigenvalue weighted by Crippen LogP contribution is 2.45. The lowest BCUT2D eigenvalue weighted by Crippen LogP contribution is -2.14. The lowest BCUT2D eigenvalue weighted by Gasteiger charge is -2.16. The number of anilines is 1. The number of phenols is 1. The number of thioether (sulfide) groups is 1. The second-order valence-corrected chi connectivity index (χ2v) is 9.54. The number of pyridine rings is 1. The van der Waals surface area contributed by atoms with Gasteiger partial charge in [-0.15, -0.1) is 0 Å². The molecule has 0 amide bonds. The molecule has 5 nitrogen and oxygen atoms in total. The summed E-state index contributed by atoms with van der Waals surface area (Å²) in [4.78, 5) is 5.99. The van der Waals surface area contributed by atoms with Crippen LogP contribution in [-0.2, 0) is 16.4 Å². The van der Waals surface area contributed by atoms with Crippen LogP contribution in [0.15, 0.2) is 59.6 Å². The molecule has 1 heterocycles. The second kappa shape index (κ2) is 8.88. The second-order valence-electron chi connectivity index (χ2n) is 6.44. The number of fused-ring (bicyclic) bond motifs is 1. The molecule has 0 saturated carbocycles. The molecule has 0 spiro atoms. The number of hydrogen-bond donors (Lipinski definition) is 2. The van der Waals surface area contributed by atoms with Crippen molar-refractivity contribution >= 4 is 43.2 Å². The Morgan fingerprint density at radius 1 is 1.17 bits per heavy atom. The Hall–Kier alpha value is -2.51. The molecule has 0 saturated heterocycles. The van der Waals surface area contributed by atoms with Crippen LogP contribution in [0.2, 0.25) is 0 Å². The minimum atomic E-state index is -3.46. The molecule has 0 radical (unpaired) electrons. The lowest BCUT2D eigenvalue weighted by atomic mass is 10.1. The van der Waals surface area contributed by atoms with E-state index in [0.717, 1.165) is 22.6 Å². The number of benzene rings is 2. The van der Waals surface area contributed by atoms with Crippen molar-refractivity contribution in [3.05, 3.63) is 66.0 Å². The molecule has 0 fully saturated rings. The van der Waals surface area contributed by atoms with Crippen molar-refractivity contribution < 1.29 is 13.5 Å². The van der Waals surface area contributed by atoms with Crippen LogP contribution >= 0.6 is 11.8 Å². The van der Waals surface area contributed by atoms with Gasteiger partial charge >= 0.3 is 0 Å². The Balaban J connectivity index is 2.13. The van der Waals surface area contributed by atoms with Crippen LogP contribution in [0.1, 0.15) is 32.0 Å². The maximum Gasteiger partial charge on any atom is 0.232 e. The molecule has 0 aliphatic heterocycles. The number of aromatic hydroxyl groups is 1. The van der Waals surface area contributed by atoms with Gasteiger partial charge in [0.2, 0.25) is 10.0 Å². The maximum atomic E-state index is 12.2. The highest BCUT2D eigenvalue weighted by Gasteiger charge is 2.18. The summed E-state index contributed by atoms with van der Waals surface area (Å²) in [5.41, 5.74) is 2.43. The van der Waals surface area contributed by atoms with Crippen LogP contribution in [0, 0.1) is 0 Å². The molecule has 0 aliphatic carbocycles. The number of nitrogens with one attached hydrogen (secondary N) is 1. The first-order valence-corrected chi connectivity index (χ1v) is 11.9. The number of hydrogen-bond acceptors (Lipinski definition) is 5.